The number of aromatic nitrogens is 8. The van der Waals surface area contributed by atoms with Crippen LogP contribution in [0.1, 0.15) is 87.2 Å². The van der Waals surface area contributed by atoms with Crippen molar-refractivity contribution in [2.45, 2.75) is 74.1 Å². The Morgan fingerprint density at radius 2 is 1.36 bits per heavy atom. The van der Waals surface area contributed by atoms with E-state index in [2.05, 4.69) is 31.5 Å². The van der Waals surface area contributed by atoms with Crippen molar-refractivity contribution < 1.29 is 29.0 Å². The van der Waals surface area contributed by atoms with Gasteiger partial charge in [-0.15, -0.1) is 0 Å². The minimum absolute atomic E-state index is 0.0819. The number of aldehydes is 1. The Morgan fingerprint density at radius 1 is 0.810 bits per heavy atom. The van der Waals surface area contributed by atoms with Gasteiger partial charge in [0.25, 0.3) is 11.8 Å². The predicted molar refractivity (Wildman–Crippen MR) is 222 cm³/mol. The summed E-state index contributed by atoms with van der Waals surface area (Å²) in [6, 6.07) is 11.5. The molecule has 18 heteroatoms. The fourth-order valence-corrected chi connectivity index (χ4v) is 6.14. The first-order valence-electron chi connectivity index (χ1n) is 19.0. The third-order valence-electron chi connectivity index (χ3n) is 8.62. The number of imidazole rings is 2. The molecule has 4 heterocycles. The second kappa shape index (κ2) is 20.5. The molecule has 0 aliphatic carbocycles. The molecule has 0 unspecified atom stereocenters. The number of fused-ring (bicyclic) bond motifs is 2. The molecule has 0 fully saturated rings. The van der Waals surface area contributed by atoms with Crippen LogP contribution in [0.15, 0.2) is 54.6 Å². The third kappa shape index (κ3) is 9.82. The molecule has 7 N–H and O–H groups in total. The van der Waals surface area contributed by atoms with Crippen LogP contribution in [0.3, 0.4) is 0 Å². The predicted octanol–water partition coefficient (Wildman–Crippen LogP) is 4.47. The molecule has 2 aromatic carbocycles. The lowest BCUT2D eigenvalue weighted by molar-refractivity contribution is 0.0994. The molecule has 3 amide bonds. The maximum atomic E-state index is 13.6. The first-order valence-corrected chi connectivity index (χ1v) is 19.0. The molecule has 0 spiro atoms. The summed E-state index contributed by atoms with van der Waals surface area (Å²) < 4.78 is 12.8. The van der Waals surface area contributed by atoms with Crippen LogP contribution in [0.25, 0.3) is 22.1 Å². The standard InChI is InChI=1S/C37H41N11O6.C2H6.CH5N/c1-5-47-29(16-22(3)43-47)34(52)41-36-39-26-20-25(33(38)51)10-11-28(26)45(36)12-7-8-13-46-32-27(18-24(21-50)19-31(32)54-15-9-14-49)40-37(46)42-35(53)30-17-23(4)44-48(30)6-2;2*1-2/h7-8,10-11,16-21,49H,5-6,9,12-15H2,1-4H3,(H2,38,51)(H,39,41,52)(H,40,42,53);1-2H3;2H2,1H3/b8-7+;;. The largest absolute Gasteiger partial charge is 0.491 e. The van der Waals surface area contributed by atoms with Gasteiger partial charge in [-0.1, -0.05) is 26.0 Å². The maximum Gasteiger partial charge on any atom is 0.276 e. The Morgan fingerprint density at radius 3 is 1.90 bits per heavy atom. The van der Waals surface area contributed by atoms with Crippen molar-refractivity contribution in [1.29, 1.82) is 0 Å². The number of rotatable bonds is 16. The highest BCUT2D eigenvalue weighted by molar-refractivity contribution is 6.04. The maximum absolute atomic E-state index is 13.6. The Balaban J connectivity index is 0.00000180. The smallest absolute Gasteiger partial charge is 0.276 e. The molecule has 308 valence electrons. The van der Waals surface area contributed by atoms with Gasteiger partial charge in [0, 0.05) is 50.3 Å². The van der Waals surface area contributed by atoms with Crippen molar-refractivity contribution in [1.82, 2.24) is 38.7 Å². The number of nitrogens with one attached hydrogen (secondary N) is 2. The molecule has 0 aliphatic rings. The molecule has 0 atom stereocenters. The van der Waals surface area contributed by atoms with Gasteiger partial charge >= 0.3 is 0 Å². The molecular weight excluding hydrogens is 745 g/mol. The average molecular weight is 797 g/mol. The van der Waals surface area contributed by atoms with Crippen LogP contribution >= 0.6 is 0 Å². The van der Waals surface area contributed by atoms with Crippen LogP contribution < -0.4 is 26.8 Å². The number of aliphatic hydroxyl groups is 1. The van der Waals surface area contributed by atoms with Crippen LogP contribution in [0, 0.1) is 13.8 Å². The van der Waals surface area contributed by atoms with Crippen molar-refractivity contribution >= 4 is 58.0 Å². The minimum atomic E-state index is -0.607. The highest BCUT2D eigenvalue weighted by Gasteiger charge is 2.22. The van der Waals surface area contributed by atoms with E-state index in [9.17, 15) is 24.3 Å². The highest BCUT2D eigenvalue weighted by atomic mass is 16.5. The molecule has 0 aliphatic heterocycles. The number of primary amides is 1. The summed E-state index contributed by atoms with van der Waals surface area (Å²) in [6.07, 6.45) is 4.77. The van der Waals surface area contributed by atoms with E-state index in [4.69, 9.17) is 15.5 Å². The Hall–Kier alpha value is -6.66. The van der Waals surface area contributed by atoms with E-state index in [1.807, 2.05) is 39.8 Å². The third-order valence-corrected chi connectivity index (χ3v) is 8.62. The second-order valence-corrected chi connectivity index (χ2v) is 12.4. The number of aryl methyl sites for hydroxylation is 4. The molecule has 0 radical (unpaired) electrons. The van der Waals surface area contributed by atoms with E-state index < -0.39 is 17.7 Å². The molecule has 0 bridgehead atoms. The molecule has 4 aromatic heterocycles. The quantitative estimate of drug-likeness (QED) is 0.0520. The first-order chi connectivity index (χ1) is 28.0. The zero-order valence-electron chi connectivity index (χ0n) is 33.9. The number of benzene rings is 2. The van der Waals surface area contributed by atoms with Crippen LogP contribution in [0.4, 0.5) is 11.9 Å². The lowest BCUT2D eigenvalue weighted by Crippen LogP contribution is -2.20. The van der Waals surface area contributed by atoms with Gasteiger partial charge in [-0.2, -0.15) is 10.2 Å². The van der Waals surface area contributed by atoms with E-state index in [0.717, 1.165) is 0 Å². The topological polar surface area (TPSA) is 245 Å². The number of aliphatic hydroxyl groups excluding tert-OH is 1. The number of anilines is 2. The van der Waals surface area contributed by atoms with Gasteiger partial charge in [0.2, 0.25) is 17.8 Å². The SMILES string of the molecule is CC.CCn1nc(C)cc1C(=O)Nc1nc2cc(C(N)=O)ccc2n1C/C=C/Cn1c(NC(=O)c2cc(C)nn2CC)nc2cc(C=O)cc(OCCCO)c21.CN. The Kier molecular flexibility index (Phi) is 15.6. The van der Waals surface area contributed by atoms with Crippen LogP contribution in [-0.4, -0.2) is 88.0 Å². The molecule has 6 rings (SSSR count). The number of hydrogen-bond acceptors (Lipinski definition) is 11. The number of nitrogens with zero attached hydrogens (tertiary/aromatic N) is 8. The summed E-state index contributed by atoms with van der Waals surface area (Å²) in [6.45, 7) is 12.9. The number of carbonyl (C=O) groups excluding carboxylic acids is 4. The summed E-state index contributed by atoms with van der Waals surface area (Å²) in [5.41, 5.74) is 14.8. The minimum Gasteiger partial charge on any atom is -0.491 e. The summed E-state index contributed by atoms with van der Waals surface area (Å²) >= 11 is 0. The van der Waals surface area contributed by atoms with Crippen molar-refractivity contribution in [3.05, 3.63) is 88.5 Å². The van der Waals surface area contributed by atoms with Crippen LogP contribution in [0.5, 0.6) is 5.75 Å². The van der Waals surface area contributed by atoms with E-state index in [0.29, 0.717) is 82.0 Å². The molecule has 0 saturated heterocycles. The summed E-state index contributed by atoms with van der Waals surface area (Å²) in [7, 11) is 1.50. The molecule has 6 aromatic rings. The number of amides is 3. The van der Waals surface area contributed by atoms with Gasteiger partial charge in [0.1, 0.15) is 28.9 Å². The average Bonchev–Trinajstić information content (AvgIpc) is 3.99. The van der Waals surface area contributed by atoms with Gasteiger partial charge < -0.3 is 30.4 Å². The lowest BCUT2D eigenvalue weighted by Gasteiger charge is -2.12. The summed E-state index contributed by atoms with van der Waals surface area (Å²) in [5.74, 6) is -0.620. The second-order valence-electron chi connectivity index (χ2n) is 12.4. The monoisotopic (exact) mass is 796 g/mol. The zero-order valence-corrected chi connectivity index (χ0v) is 33.9. The number of hydrogen-bond donors (Lipinski definition) is 5. The fourth-order valence-electron chi connectivity index (χ4n) is 6.14. The normalized spacial score (nSPS) is 10.9. The lowest BCUT2D eigenvalue weighted by atomic mass is 10.2. The number of carbonyl (C=O) groups is 4. The summed E-state index contributed by atoms with van der Waals surface area (Å²) in [5, 5.41) is 23.9. The van der Waals surface area contributed by atoms with Gasteiger partial charge in [-0.25, -0.2) is 9.97 Å². The van der Waals surface area contributed by atoms with Crippen molar-refractivity contribution in [3.8, 4) is 5.75 Å². The van der Waals surface area contributed by atoms with E-state index in [1.54, 1.807) is 74.8 Å². The van der Waals surface area contributed by atoms with Crippen LogP contribution in [-0.2, 0) is 26.2 Å². The highest BCUT2D eigenvalue weighted by Crippen LogP contribution is 2.31. The number of allylic oxidation sites excluding steroid dienone is 2. The van der Waals surface area contributed by atoms with Crippen LogP contribution in [0.2, 0.25) is 0 Å². The number of ether oxygens (including phenoxy) is 1. The number of nitrogens with two attached hydrogens (primary N) is 2. The fraction of sp³-hybridized carbons (Fsp3) is 0.350. The van der Waals surface area contributed by atoms with Gasteiger partial charge in [0.05, 0.1) is 34.5 Å². The van der Waals surface area contributed by atoms with Gasteiger partial charge in [-0.3, -0.25) is 39.2 Å². The van der Waals surface area contributed by atoms with Crippen molar-refractivity contribution in [3.63, 3.8) is 0 Å². The van der Waals surface area contributed by atoms with Crippen molar-refractivity contribution in [2.24, 2.45) is 11.5 Å². The summed E-state index contributed by atoms with van der Waals surface area (Å²) in [4.78, 5) is 60.1. The van der Waals surface area contributed by atoms with E-state index in [1.165, 1.54) is 7.05 Å². The Bertz CT molecular complexity index is 2420. The van der Waals surface area contributed by atoms with Gasteiger partial charge in [-0.05, 0) is 77.2 Å². The molecular formula is C40H52N12O6. The van der Waals surface area contributed by atoms with Gasteiger partial charge in [0.15, 0.2) is 0 Å². The zero-order chi connectivity index (χ0) is 42.5. The molecule has 0 saturated carbocycles. The van der Waals surface area contributed by atoms with Crippen molar-refractivity contribution in [2.75, 3.05) is 30.9 Å². The Labute approximate surface area is 335 Å². The first kappa shape index (κ1) is 44.1. The molecule has 18 nitrogen and oxygen atoms in total. The van der Waals surface area contributed by atoms with E-state index in [-0.39, 0.29) is 43.8 Å². The van der Waals surface area contributed by atoms with E-state index >= 15 is 0 Å². The molecule has 58 heavy (non-hydrogen) atoms.